The van der Waals surface area contributed by atoms with Gasteiger partial charge in [0.2, 0.25) is 0 Å². The van der Waals surface area contributed by atoms with Crippen molar-refractivity contribution in [3.05, 3.63) is 28.2 Å². The third-order valence-corrected chi connectivity index (χ3v) is 4.85. The van der Waals surface area contributed by atoms with Gasteiger partial charge >= 0.3 is 0 Å². The van der Waals surface area contributed by atoms with Crippen LogP contribution in [0, 0.1) is 0 Å². The Morgan fingerprint density at radius 1 is 1.35 bits per heavy atom. The molecule has 0 saturated carbocycles. The molecule has 17 heavy (non-hydrogen) atoms. The highest BCUT2D eigenvalue weighted by Crippen LogP contribution is 2.29. The Bertz CT molecular complexity index is 341. The zero-order valence-electron chi connectivity index (χ0n) is 10.7. The fraction of sp³-hybridized carbons (Fsp3) is 0.571. The van der Waals surface area contributed by atoms with E-state index >= 15 is 0 Å². The van der Waals surface area contributed by atoms with E-state index < -0.39 is 0 Å². The zero-order valence-corrected chi connectivity index (χ0v) is 13.1. The van der Waals surface area contributed by atoms with Crippen LogP contribution in [0.3, 0.4) is 0 Å². The van der Waals surface area contributed by atoms with Crippen molar-refractivity contribution in [3.8, 4) is 0 Å². The molecule has 0 amide bonds. The van der Waals surface area contributed by atoms with Gasteiger partial charge < -0.3 is 5.73 Å². The van der Waals surface area contributed by atoms with Gasteiger partial charge in [0.25, 0.3) is 0 Å². The summed E-state index contributed by atoms with van der Waals surface area (Å²) in [6.45, 7) is 4.36. The van der Waals surface area contributed by atoms with Crippen LogP contribution in [0.4, 0.5) is 0 Å². The highest BCUT2D eigenvalue weighted by molar-refractivity contribution is 9.10. The summed E-state index contributed by atoms with van der Waals surface area (Å²) in [4.78, 5) is 1.34. The van der Waals surface area contributed by atoms with Crippen LogP contribution in [0.25, 0.3) is 0 Å². The monoisotopic (exact) mass is 315 g/mol. The van der Waals surface area contributed by atoms with Crippen LogP contribution in [0.1, 0.15) is 38.7 Å². The second-order valence-electron chi connectivity index (χ2n) is 4.34. The molecule has 0 aliphatic rings. The van der Waals surface area contributed by atoms with E-state index in [1.54, 1.807) is 0 Å². The zero-order chi connectivity index (χ0) is 12.7. The van der Waals surface area contributed by atoms with Crippen LogP contribution >= 0.6 is 27.7 Å². The molecule has 0 bridgehead atoms. The van der Waals surface area contributed by atoms with Gasteiger partial charge in [-0.15, -0.1) is 11.8 Å². The van der Waals surface area contributed by atoms with Gasteiger partial charge in [-0.3, -0.25) is 0 Å². The van der Waals surface area contributed by atoms with Gasteiger partial charge in [0.15, 0.2) is 0 Å². The Morgan fingerprint density at radius 3 is 2.71 bits per heavy atom. The second-order valence-corrected chi connectivity index (χ2v) is 6.33. The largest absolute Gasteiger partial charge is 0.327 e. The molecule has 1 unspecified atom stereocenters. The molecule has 1 aromatic carbocycles. The van der Waals surface area contributed by atoms with Gasteiger partial charge in [0.05, 0.1) is 0 Å². The minimum absolute atomic E-state index is 0.278. The Labute approximate surface area is 118 Å². The molecule has 1 nitrogen and oxygen atoms in total. The maximum absolute atomic E-state index is 5.97. The third-order valence-electron chi connectivity index (χ3n) is 2.77. The summed E-state index contributed by atoms with van der Waals surface area (Å²) < 4.78 is 1.21. The first-order valence-corrected chi connectivity index (χ1v) is 8.12. The van der Waals surface area contributed by atoms with Crippen LogP contribution in [0.2, 0.25) is 0 Å². The number of unbranched alkanes of at least 4 members (excludes halogenated alkanes) is 1. The van der Waals surface area contributed by atoms with E-state index in [4.69, 9.17) is 5.73 Å². The molecule has 1 rings (SSSR count). The highest BCUT2D eigenvalue weighted by atomic mass is 79.9. The Morgan fingerprint density at radius 2 is 2.12 bits per heavy atom. The van der Waals surface area contributed by atoms with Gasteiger partial charge in [-0.05, 0) is 58.6 Å². The lowest BCUT2D eigenvalue weighted by Gasteiger charge is -2.10. The molecule has 96 valence electrons. The number of hydrogen-bond donors (Lipinski definition) is 1. The predicted octanol–water partition coefficient (Wildman–Crippen LogP) is 4.62. The number of halogens is 1. The van der Waals surface area contributed by atoms with E-state index in [2.05, 4.69) is 48.0 Å². The molecule has 0 heterocycles. The Hall–Kier alpha value is 0.01000. The first kappa shape index (κ1) is 15.1. The van der Waals surface area contributed by atoms with Crippen LogP contribution in [-0.4, -0.2) is 11.8 Å². The van der Waals surface area contributed by atoms with Crippen molar-refractivity contribution in [1.29, 1.82) is 0 Å². The van der Waals surface area contributed by atoms with Gasteiger partial charge in [-0.25, -0.2) is 0 Å². The maximum atomic E-state index is 5.97. The minimum atomic E-state index is 0.278. The molecule has 0 fully saturated rings. The molecule has 2 N–H and O–H groups in total. The van der Waals surface area contributed by atoms with Crippen LogP contribution in [0.15, 0.2) is 27.6 Å². The summed E-state index contributed by atoms with van der Waals surface area (Å²) in [6.07, 6.45) is 4.53. The lowest BCUT2D eigenvalue weighted by molar-refractivity contribution is 0.646. The number of thioether (sulfide) groups is 1. The maximum Gasteiger partial charge on any atom is 0.0313 e. The molecular formula is C14H22BrNS. The molecule has 1 atom stereocenters. The van der Waals surface area contributed by atoms with Crippen molar-refractivity contribution in [3.63, 3.8) is 0 Å². The molecule has 1 aromatic rings. The summed E-state index contributed by atoms with van der Waals surface area (Å²) in [6, 6.07) is 6.90. The van der Waals surface area contributed by atoms with E-state index in [0.717, 1.165) is 12.8 Å². The summed E-state index contributed by atoms with van der Waals surface area (Å²) >= 11 is 5.58. The summed E-state index contributed by atoms with van der Waals surface area (Å²) in [5.74, 6) is 1.20. The number of nitrogens with two attached hydrogens (primary N) is 1. The van der Waals surface area contributed by atoms with Gasteiger partial charge in [0.1, 0.15) is 0 Å². The molecule has 0 radical (unpaired) electrons. The standard InChI is InChI=1S/C14H22BrNS/c1-3-5-8-17-14-7-6-11(10-13(14)15)9-12(16)4-2/h6-7,10,12H,3-5,8-9,16H2,1-2H3. The molecule has 0 spiro atoms. The van der Waals surface area contributed by atoms with Crippen molar-refractivity contribution >= 4 is 27.7 Å². The van der Waals surface area contributed by atoms with E-state index in [9.17, 15) is 0 Å². The topological polar surface area (TPSA) is 26.0 Å². The van der Waals surface area contributed by atoms with Gasteiger partial charge in [-0.1, -0.05) is 26.3 Å². The minimum Gasteiger partial charge on any atom is -0.327 e. The van der Waals surface area contributed by atoms with E-state index in [0.29, 0.717) is 0 Å². The van der Waals surface area contributed by atoms with Crippen LogP contribution in [-0.2, 0) is 6.42 Å². The summed E-state index contributed by atoms with van der Waals surface area (Å²) in [7, 11) is 0. The fourth-order valence-electron chi connectivity index (χ4n) is 1.56. The van der Waals surface area contributed by atoms with E-state index in [-0.39, 0.29) is 6.04 Å². The normalized spacial score (nSPS) is 12.7. The van der Waals surface area contributed by atoms with Crippen molar-refractivity contribution in [1.82, 2.24) is 0 Å². The quantitative estimate of drug-likeness (QED) is 0.587. The molecule has 0 saturated heterocycles. The first-order chi connectivity index (χ1) is 8.17. The van der Waals surface area contributed by atoms with Crippen LogP contribution in [0.5, 0.6) is 0 Å². The lowest BCUT2D eigenvalue weighted by Crippen LogP contribution is -2.21. The first-order valence-electron chi connectivity index (χ1n) is 6.34. The van der Waals surface area contributed by atoms with Crippen molar-refractivity contribution in [2.45, 2.75) is 50.5 Å². The average molecular weight is 316 g/mol. The van der Waals surface area contributed by atoms with Crippen molar-refractivity contribution < 1.29 is 0 Å². The molecule has 3 heteroatoms. The summed E-state index contributed by atoms with van der Waals surface area (Å²) in [5.41, 5.74) is 7.30. The van der Waals surface area contributed by atoms with Crippen LogP contribution < -0.4 is 5.73 Å². The lowest BCUT2D eigenvalue weighted by atomic mass is 10.1. The van der Waals surface area contributed by atoms with E-state index in [1.807, 2.05) is 11.8 Å². The molecular weight excluding hydrogens is 294 g/mol. The third kappa shape index (κ3) is 5.45. The Balaban J connectivity index is 2.59. The predicted molar refractivity (Wildman–Crippen MR) is 81.7 cm³/mol. The highest BCUT2D eigenvalue weighted by Gasteiger charge is 2.05. The van der Waals surface area contributed by atoms with Crippen molar-refractivity contribution in [2.75, 3.05) is 5.75 Å². The van der Waals surface area contributed by atoms with E-state index in [1.165, 1.54) is 33.5 Å². The molecule has 0 aliphatic carbocycles. The number of hydrogen-bond acceptors (Lipinski definition) is 2. The Kier molecular flexibility index (Phi) is 7.24. The van der Waals surface area contributed by atoms with Gasteiger partial charge in [-0.2, -0.15) is 0 Å². The fourth-order valence-corrected chi connectivity index (χ4v) is 3.35. The van der Waals surface area contributed by atoms with Gasteiger partial charge in [0, 0.05) is 15.4 Å². The SMILES string of the molecule is CCCCSc1ccc(CC(N)CC)cc1Br. The smallest absolute Gasteiger partial charge is 0.0313 e. The average Bonchev–Trinajstić information content (AvgIpc) is 2.32. The molecule has 0 aliphatic heterocycles. The number of benzene rings is 1. The van der Waals surface area contributed by atoms with Crippen molar-refractivity contribution in [2.24, 2.45) is 5.73 Å². The second kappa shape index (κ2) is 8.17. The molecule has 0 aromatic heterocycles. The summed E-state index contributed by atoms with van der Waals surface area (Å²) in [5, 5.41) is 0. The number of rotatable bonds is 7.